The molecule has 2 atom stereocenters. The molecule has 7 heteroatoms. The Kier molecular flexibility index (Phi) is 6.91. The van der Waals surface area contributed by atoms with Gasteiger partial charge in [-0.1, -0.05) is 72.3 Å². The van der Waals surface area contributed by atoms with Gasteiger partial charge in [-0.05, 0) is 35.7 Å². The van der Waals surface area contributed by atoms with E-state index in [0.717, 1.165) is 22.3 Å². The van der Waals surface area contributed by atoms with Gasteiger partial charge in [0, 0.05) is 13.6 Å². The first-order valence-corrected chi connectivity index (χ1v) is 12.1. The molecule has 1 fully saturated rings. The van der Waals surface area contributed by atoms with Crippen LogP contribution in [0.15, 0.2) is 78.9 Å². The molecule has 3 aromatic carbocycles. The smallest absolute Gasteiger partial charge is 0.219 e. The highest BCUT2D eigenvalue weighted by molar-refractivity contribution is 7.90. The molecule has 3 aromatic rings. The number of hydrogen-bond donors (Lipinski definition) is 1. The van der Waals surface area contributed by atoms with Crippen molar-refractivity contribution in [2.75, 3.05) is 13.7 Å². The minimum atomic E-state index is -3.63. The Hall–Kier alpha value is -2.71. The first-order chi connectivity index (χ1) is 15.4. The second-order valence-electron chi connectivity index (χ2n) is 8.03. The summed E-state index contributed by atoms with van der Waals surface area (Å²) in [7, 11) is -1.86. The van der Waals surface area contributed by atoms with Crippen LogP contribution >= 0.6 is 0 Å². The van der Waals surface area contributed by atoms with Crippen LogP contribution in [-0.2, 0) is 28.0 Å². The Morgan fingerprint density at radius 3 is 2.53 bits per heavy atom. The quantitative estimate of drug-likeness (QED) is 0.560. The molecule has 168 valence electrons. The number of sulfonamides is 1. The van der Waals surface area contributed by atoms with Crippen molar-refractivity contribution in [2.24, 2.45) is 0 Å². The molecule has 32 heavy (non-hydrogen) atoms. The van der Waals surface area contributed by atoms with Gasteiger partial charge in [0.25, 0.3) is 0 Å². The molecule has 0 spiro atoms. The Labute approximate surface area is 189 Å². The number of hydrogen-bond acceptors (Lipinski definition) is 5. The normalized spacial score (nSPS) is 19.2. The summed E-state index contributed by atoms with van der Waals surface area (Å²) in [5.74, 6) is 0.690. The maximum absolute atomic E-state index is 13.2. The van der Waals surface area contributed by atoms with Crippen LogP contribution in [0.1, 0.15) is 28.3 Å². The molecule has 0 amide bonds. The molecule has 1 aliphatic rings. The Morgan fingerprint density at radius 1 is 1.00 bits per heavy atom. The van der Waals surface area contributed by atoms with Crippen LogP contribution in [0.25, 0.3) is 0 Å². The third-order valence-corrected chi connectivity index (χ3v) is 7.33. The predicted octanol–water partition coefficient (Wildman–Crippen LogP) is 3.98. The minimum absolute atomic E-state index is 0.0966. The zero-order chi connectivity index (χ0) is 22.6. The van der Waals surface area contributed by atoms with Gasteiger partial charge >= 0.3 is 0 Å². The third kappa shape index (κ3) is 5.37. The predicted molar refractivity (Wildman–Crippen MR) is 124 cm³/mol. The highest BCUT2D eigenvalue weighted by Crippen LogP contribution is 2.34. The fourth-order valence-corrected chi connectivity index (χ4v) is 5.41. The van der Waals surface area contributed by atoms with E-state index in [4.69, 9.17) is 9.57 Å². The lowest BCUT2D eigenvalue weighted by molar-refractivity contribution is -0.110. The first kappa shape index (κ1) is 22.5. The summed E-state index contributed by atoms with van der Waals surface area (Å²) in [6.45, 7) is 2.78. The van der Waals surface area contributed by atoms with Gasteiger partial charge in [-0.3, -0.25) is 4.84 Å². The number of benzene rings is 3. The molecule has 4 rings (SSSR count). The van der Waals surface area contributed by atoms with E-state index in [1.165, 1.54) is 0 Å². The number of ether oxygens (including phenoxy) is 1. The van der Waals surface area contributed by atoms with Crippen molar-refractivity contribution in [2.45, 2.75) is 31.4 Å². The molecule has 0 radical (unpaired) electrons. The van der Waals surface area contributed by atoms with Crippen molar-refractivity contribution in [3.05, 3.63) is 101 Å². The van der Waals surface area contributed by atoms with Crippen LogP contribution in [0.3, 0.4) is 0 Å². The van der Waals surface area contributed by atoms with Gasteiger partial charge < -0.3 is 4.74 Å². The maximum Gasteiger partial charge on any atom is 0.219 e. The lowest BCUT2D eigenvalue weighted by Gasteiger charge is -2.23. The molecule has 0 aliphatic carbocycles. The van der Waals surface area contributed by atoms with E-state index in [0.29, 0.717) is 12.4 Å². The Morgan fingerprint density at radius 2 is 1.75 bits per heavy atom. The van der Waals surface area contributed by atoms with E-state index in [1.807, 2.05) is 85.8 Å². The van der Waals surface area contributed by atoms with Gasteiger partial charge in [-0.25, -0.2) is 13.1 Å². The van der Waals surface area contributed by atoms with Gasteiger partial charge in [-0.2, -0.15) is 5.06 Å². The molecule has 0 unspecified atom stereocenters. The van der Waals surface area contributed by atoms with Crippen LogP contribution in [0, 0.1) is 6.92 Å². The second kappa shape index (κ2) is 9.83. The second-order valence-corrected chi connectivity index (χ2v) is 10.0. The monoisotopic (exact) mass is 452 g/mol. The summed E-state index contributed by atoms with van der Waals surface area (Å²) in [6, 6.07) is 24.8. The highest BCUT2D eigenvalue weighted by Gasteiger charge is 2.43. The Balaban J connectivity index is 1.49. The molecule has 1 N–H and O–H groups in total. The van der Waals surface area contributed by atoms with Crippen LogP contribution in [0.4, 0.5) is 0 Å². The molecular formula is C25H28N2O4S. The first-order valence-electron chi connectivity index (χ1n) is 10.6. The SMILES string of the molecule is Cc1cccc(CNS(=O)(=O)[C@@H]2CON(C)[C@H]2c2cccc(OCc3ccccc3)c2)c1. The maximum atomic E-state index is 13.2. The molecule has 1 saturated heterocycles. The third-order valence-electron chi connectivity index (χ3n) is 5.59. The van der Waals surface area contributed by atoms with E-state index in [2.05, 4.69) is 4.72 Å². The van der Waals surface area contributed by atoms with Crippen LogP contribution in [-0.4, -0.2) is 32.4 Å². The summed E-state index contributed by atoms with van der Waals surface area (Å²) < 4.78 is 35.0. The minimum Gasteiger partial charge on any atom is -0.489 e. The number of aryl methyl sites for hydroxylation is 1. The number of hydroxylamine groups is 2. The van der Waals surface area contributed by atoms with Gasteiger partial charge in [0.05, 0.1) is 12.6 Å². The van der Waals surface area contributed by atoms with E-state index >= 15 is 0 Å². The number of nitrogens with zero attached hydrogens (tertiary/aromatic N) is 1. The van der Waals surface area contributed by atoms with Crippen molar-refractivity contribution < 1.29 is 18.0 Å². The lowest BCUT2D eigenvalue weighted by Crippen LogP contribution is -2.39. The topological polar surface area (TPSA) is 67.9 Å². The molecule has 1 heterocycles. The van der Waals surface area contributed by atoms with Gasteiger partial charge in [0.2, 0.25) is 10.0 Å². The largest absolute Gasteiger partial charge is 0.489 e. The molecular weight excluding hydrogens is 424 g/mol. The van der Waals surface area contributed by atoms with Crippen LogP contribution < -0.4 is 9.46 Å². The fourth-order valence-electron chi connectivity index (χ4n) is 3.92. The molecule has 0 bridgehead atoms. The molecule has 6 nitrogen and oxygen atoms in total. The van der Waals surface area contributed by atoms with E-state index < -0.39 is 21.3 Å². The molecule has 0 saturated carbocycles. The summed E-state index contributed by atoms with van der Waals surface area (Å²) in [4.78, 5) is 5.63. The molecule has 1 aliphatic heterocycles. The summed E-state index contributed by atoms with van der Waals surface area (Å²) >= 11 is 0. The Bertz CT molecular complexity index is 1150. The summed E-state index contributed by atoms with van der Waals surface area (Å²) in [5.41, 5.74) is 3.92. The standard InChI is InChI=1S/C25H28N2O4S/c1-19-8-6-11-21(14-19)16-26-32(28,29)24-18-31-27(2)25(24)22-12-7-13-23(15-22)30-17-20-9-4-3-5-10-20/h3-15,24-26H,16-18H2,1-2H3/t24-,25+/m1/s1. The van der Waals surface area contributed by atoms with Crippen molar-refractivity contribution in [1.29, 1.82) is 0 Å². The zero-order valence-electron chi connectivity index (χ0n) is 18.3. The zero-order valence-corrected chi connectivity index (χ0v) is 19.1. The van der Waals surface area contributed by atoms with Crippen molar-refractivity contribution in [1.82, 2.24) is 9.79 Å². The van der Waals surface area contributed by atoms with Crippen LogP contribution in [0.2, 0.25) is 0 Å². The van der Waals surface area contributed by atoms with Crippen LogP contribution in [0.5, 0.6) is 5.75 Å². The van der Waals surface area contributed by atoms with E-state index in [9.17, 15) is 8.42 Å². The molecule has 0 aromatic heterocycles. The van der Waals surface area contributed by atoms with E-state index in [-0.39, 0.29) is 13.2 Å². The van der Waals surface area contributed by atoms with Crippen molar-refractivity contribution in [3.8, 4) is 5.75 Å². The van der Waals surface area contributed by atoms with Gasteiger partial charge in [0.1, 0.15) is 17.6 Å². The lowest BCUT2D eigenvalue weighted by atomic mass is 10.0. The van der Waals surface area contributed by atoms with Gasteiger partial charge in [0.15, 0.2) is 0 Å². The van der Waals surface area contributed by atoms with Crippen molar-refractivity contribution in [3.63, 3.8) is 0 Å². The number of nitrogens with one attached hydrogen (secondary N) is 1. The highest BCUT2D eigenvalue weighted by atomic mass is 32.2. The fraction of sp³-hybridized carbons (Fsp3) is 0.280. The van der Waals surface area contributed by atoms with Crippen molar-refractivity contribution >= 4 is 10.0 Å². The number of rotatable bonds is 8. The summed E-state index contributed by atoms with van der Waals surface area (Å²) in [6.07, 6.45) is 0. The summed E-state index contributed by atoms with van der Waals surface area (Å²) in [5, 5.41) is 0.883. The average Bonchev–Trinajstić information content (AvgIpc) is 3.20. The average molecular weight is 453 g/mol. The van der Waals surface area contributed by atoms with Gasteiger partial charge in [-0.15, -0.1) is 0 Å². The van der Waals surface area contributed by atoms with E-state index in [1.54, 1.807) is 12.1 Å².